The molecule has 0 radical (unpaired) electrons. The quantitative estimate of drug-likeness (QED) is 0.801. The van der Waals surface area contributed by atoms with Crippen molar-refractivity contribution in [1.29, 1.82) is 0 Å². The molecule has 1 aliphatic heterocycles. The van der Waals surface area contributed by atoms with Gasteiger partial charge in [0.05, 0.1) is 0 Å². The van der Waals surface area contributed by atoms with Crippen LogP contribution in [0.3, 0.4) is 0 Å². The molecule has 0 spiro atoms. The molecule has 0 unspecified atom stereocenters. The Morgan fingerprint density at radius 3 is 2.57 bits per heavy atom. The van der Waals surface area contributed by atoms with Gasteiger partial charge in [0, 0.05) is 33.5 Å². The molecule has 0 bridgehead atoms. The Kier molecular flexibility index (Phi) is 3.79. The molecule has 1 aliphatic rings. The maximum Gasteiger partial charge on any atom is 0.258 e. The van der Waals surface area contributed by atoms with Crippen molar-refractivity contribution in [3.63, 3.8) is 0 Å². The molecule has 0 fully saturated rings. The number of fused-ring (bicyclic) bond motifs is 1. The van der Waals surface area contributed by atoms with Crippen molar-refractivity contribution in [2.45, 2.75) is 12.8 Å². The lowest BCUT2D eigenvalue weighted by atomic mass is 9.99. The third kappa shape index (κ3) is 2.71. The zero-order valence-electron chi connectivity index (χ0n) is 11.3. The Hall–Kier alpha value is -1.71. The van der Waals surface area contributed by atoms with E-state index in [1.165, 1.54) is 0 Å². The lowest BCUT2D eigenvalue weighted by molar-refractivity contribution is 0.0985. The molecule has 0 saturated heterocycles. The van der Waals surface area contributed by atoms with Crippen LogP contribution in [-0.2, 0) is 6.42 Å². The lowest BCUT2D eigenvalue weighted by Gasteiger charge is -2.30. The zero-order valence-corrected chi connectivity index (χ0v) is 12.8. The van der Waals surface area contributed by atoms with Crippen molar-refractivity contribution in [3.05, 3.63) is 57.6 Å². The molecule has 2 aromatic carbocycles. The molecule has 0 saturated carbocycles. The van der Waals surface area contributed by atoms with Crippen LogP contribution in [0.1, 0.15) is 22.3 Å². The molecule has 0 aliphatic carbocycles. The van der Waals surface area contributed by atoms with Crippen LogP contribution in [0, 0.1) is 0 Å². The highest BCUT2D eigenvalue weighted by atomic mass is 35.5. The Morgan fingerprint density at radius 1 is 1.14 bits per heavy atom. The van der Waals surface area contributed by atoms with Crippen LogP contribution in [0.2, 0.25) is 10.0 Å². The van der Waals surface area contributed by atoms with Crippen LogP contribution in [-0.4, -0.2) is 12.5 Å². The number of anilines is 2. The van der Waals surface area contributed by atoms with E-state index in [4.69, 9.17) is 28.9 Å². The number of carbonyl (C=O) groups is 1. The Labute approximate surface area is 133 Å². The van der Waals surface area contributed by atoms with Gasteiger partial charge in [-0.05, 0) is 48.7 Å². The maximum atomic E-state index is 12.7. The first-order valence-electron chi connectivity index (χ1n) is 6.71. The number of hydrogen-bond acceptors (Lipinski definition) is 2. The summed E-state index contributed by atoms with van der Waals surface area (Å²) in [5.74, 6) is -0.106. The molecule has 5 heteroatoms. The van der Waals surface area contributed by atoms with Crippen LogP contribution in [0.4, 0.5) is 11.4 Å². The van der Waals surface area contributed by atoms with Crippen molar-refractivity contribution in [3.8, 4) is 0 Å². The number of nitrogens with zero attached hydrogens (tertiary/aromatic N) is 1. The van der Waals surface area contributed by atoms with Gasteiger partial charge in [-0.25, -0.2) is 0 Å². The fourth-order valence-electron chi connectivity index (χ4n) is 2.70. The van der Waals surface area contributed by atoms with Gasteiger partial charge in [-0.15, -0.1) is 0 Å². The van der Waals surface area contributed by atoms with E-state index in [1.807, 2.05) is 18.2 Å². The summed E-state index contributed by atoms with van der Waals surface area (Å²) in [6.07, 6.45) is 1.78. The fourth-order valence-corrected chi connectivity index (χ4v) is 3.22. The second-order valence-electron chi connectivity index (χ2n) is 5.06. The summed E-state index contributed by atoms with van der Waals surface area (Å²) in [7, 11) is 0. The first kappa shape index (κ1) is 14.2. The minimum atomic E-state index is -0.106. The standard InChI is InChI=1S/C16H14Cl2N2O/c17-11-7-10(8-12(18)9-11)16(21)20-6-2-3-13-14(19)4-1-5-15(13)20/h1,4-5,7-9H,2-3,6,19H2. The van der Waals surface area contributed by atoms with Crippen molar-refractivity contribution >= 4 is 40.5 Å². The second-order valence-corrected chi connectivity index (χ2v) is 5.94. The second kappa shape index (κ2) is 5.58. The largest absolute Gasteiger partial charge is 0.398 e. The predicted molar refractivity (Wildman–Crippen MR) is 87.3 cm³/mol. The van der Waals surface area contributed by atoms with E-state index in [0.717, 1.165) is 29.8 Å². The van der Waals surface area contributed by atoms with Gasteiger partial charge in [0.15, 0.2) is 0 Å². The average Bonchev–Trinajstić information content (AvgIpc) is 2.45. The molecular formula is C16H14Cl2N2O. The third-order valence-electron chi connectivity index (χ3n) is 3.64. The van der Waals surface area contributed by atoms with Gasteiger partial charge in [-0.1, -0.05) is 29.3 Å². The predicted octanol–water partition coefficient (Wildman–Crippen LogP) is 4.17. The van der Waals surface area contributed by atoms with Crippen LogP contribution in [0.15, 0.2) is 36.4 Å². The van der Waals surface area contributed by atoms with Gasteiger partial charge in [-0.2, -0.15) is 0 Å². The zero-order chi connectivity index (χ0) is 15.0. The summed E-state index contributed by atoms with van der Waals surface area (Å²) in [6, 6.07) is 10.5. The number of rotatable bonds is 1. The van der Waals surface area contributed by atoms with Crippen molar-refractivity contribution in [2.24, 2.45) is 0 Å². The van der Waals surface area contributed by atoms with E-state index in [9.17, 15) is 4.79 Å². The van der Waals surface area contributed by atoms with Gasteiger partial charge in [0.25, 0.3) is 5.91 Å². The molecule has 0 aromatic heterocycles. The highest BCUT2D eigenvalue weighted by molar-refractivity contribution is 6.35. The number of hydrogen-bond donors (Lipinski definition) is 1. The number of halogens is 2. The SMILES string of the molecule is Nc1cccc2c1CCCN2C(=O)c1cc(Cl)cc(Cl)c1. The molecule has 2 aromatic rings. The topological polar surface area (TPSA) is 46.3 Å². The van der Waals surface area contributed by atoms with E-state index in [1.54, 1.807) is 23.1 Å². The van der Waals surface area contributed by atoms with E-state index >= 15 is 0 Å². The van der Waals surface area contributed by atoms with Gasteiger partial charge in [0.1, 0.15) is 0 Å². The molecule has 3 nitrogen and oxygen atoms in total. The van der Waals surface area contributed by atoms with E-state index in [2.05, 4.69) is 0 Å². The van der Waals surface area contributed by atoms with E-state index in [-0.39, 0.29) is 5.91 Å². The van der Waals surface area contributed by atoms with Gasteiger partial charge < -0.3 is 10.6 Å². The summed E-state index contributed by atoms with van der Waals surface area (Å²) >= 11 is 12.0. The van der Waals surface area contributed by atoms with E-state index < -0.39 is 0 Å². The fraction of sp³-hybridized carbons (Fsp3) is 0.188. The molecule has 1 heterocycles. The minimum Gasteiger partial charge on any atom is -0.398 e. The van der Waals surface area contributed by atoms with Crippen LogP contribution in [0.25, 0.3) is 0 Å². The summed E-state index contributed by atoms with van der Waals surface area (Å²) in [5, 5.41) is 0.909. The first-order valence-corrected chi connectivity index (χ1v) is 7.47. The smallest absolute Gasteiger partial charge is 0.258 e. The Balaban J connectivity index is 2.02. The Bertz CT molecular complexity index is 695. The van der Waals surface area contributed by atoms with Crippen LogP contribution in [0.5, 0.6) is 0 Å². The number of benzene rings is 2. The molecule has 0 atom stereocenters. The first-order chi connectivity index (χ1) is 10.1. The Morgan fingerprint density at radius 2 is 1.86 bits per heavy atom. The van der Waals surface area contributed by atoms with Crippen molar-refractivity contribution < 1.29 is 4.79 Å². The number of amides is 1. The summed E-state index contributed by atoms with van der Waals surface area (Å²) in [5.41, 5.74) is 9.14. The van der Waals surface area contributed by atoms with Gasteiger partial charge in [0.2, 0.25) is 0 Å². The van der Waals surface area contributed by atoms with Crippen molar-refractivity contribution in [1.82, 2.24) is 0 Å². The molecule has 21 heavy (non-hydrogen) atoms. The minimum absolute atomic E-state index is 0.106. The summed E-state index contributed by atoms with van der Waals surface area (Å²) in [4.78, 5) is 14.5. The van der Waals surface area contributed by atoms with Gasteiger partial charge in [-0.3, -0.25) is 4.79 Å². The number of carbonyl (C=O) groups excluding carboxylic acids is 1. The highest BCUT2D eigenvalue weighted by Crippen LogP contribution is 2.32. The number of nitrogens with two attached hydrogens (primary N) is 1. The van der Waals surface area contributed by atoms with Crippen LogP contribution < -0.4 is 10.6 Å². The summed E-state index contributed by atoms with van der Waals surface area (Å²) in [6.45, 7) is 0.666. The normalized spacial score (nSPS) is 13.9. The molecule has 3 rings (SSSR count). The van der Waals surface area contributed by atoms with Gasteiger partial charge >= 0.3 is 0 Å². The average molecular weight is 321 g/mol. The third-order valence-corrected chi connectivity index (χ3v) is 4.08. The van der Waals surface area contributed by atoms with E-state index in [0.29, 0.717) is 22.2 Å². The molecule has 108 valence electrons. The molecular weight excluding hydrogens is 307 g/mol. The van der Waals surface area contributed by atoms with Crippen molar-refractivity contribution in [2.75, 3.05) is 17.2 Å². The lowest BCUT2D eigenvalue weighted by Crippen LogP contribution is -2.35. The monoisotopic (exact) mass is 320 g/mol. The molecule has 2 N–H and O–H groups in total. The molecule has 1 amide bonds. The highest BCUT2D eigenvalue weighted by Gasteiger charge is 2.25. The summed E-state index contributed by atoms with van der Waals surface area (Å²) < 4.78 is 0. The maximum absolute atomic E-state index is 12.7. The van der Waals surface area contributed by atoms with Crippen LogP contribution >= 0.6 is 23.2 Å². The number of nitrogen functional groups attached to an aromatic ring is 1.